The molecule has 1 aromatic carbocycles. The maximum atomic E-state index is 6.50. The van der Waals surface area contributed by atoms with E-state index in [1.54, 1.807) is 0 Å². The van der Waals surface area contributed by atoms with Gasteiger partial charge < -0.3 is 4.42 Å². The minimum absolute atomic E-state index is 0.187. The van der Waals surface area contributed by atoms with Crippen LogP contribution < -0.4 is 4.57 Å². The Labute approximate surface area is 205 Å². The summed E-state index contributed by atoms with van der Waals surface area (Å²) in [6, 6.07) is 13.8. The average Bonchev–Trinajstić information content (AvgIpc) is 3.15. The SMILES string of the molecule is CCC(C)C(CC)[n+]1ccc(C(C)C(C)(C)C)cc1-c1c(C)ccc2c1oc1nc(C)ccc12. The van der Waals surface area contributed by atoms with Crippen LogP contribution in [0.2, 0.25) is 0 Å². The summed E-state index contributed by atoms with van der Waals surface area (Å²) in [5.74, 6) is 1.02. The van der Waals surface area contributed by atoms with Crippen LogP contribution >= 0.6 is 0 Å². The molecular formula is C31H41N2O+. The van der Waals surface area contributed by atoms with Crippen molar-refractivity contribution in [3.05, 3.63) is 59.4 Å². The number of aromatic nitrogens is 2. The molecule has 3 atom stereocenters. The normalized spacial score (nSPS) is 15.1. The number of benzene rings is 1. The Morgan fingerprint density at radius 2 is 1.65 bits per heavy atom. The van der Waals surface area contributed by atoms with Crippen LogP contribution in [0.1, 0.15) is 90.1 Å². The number of fused-ring (bicyclic) bond motifs is 3. The molecule has 3 heterocycles. The van der Waals surface area contributed by atoms with E-state index in [1.165, 1.54) is 22.4 Å². The lowest BCUT2D eigenvalue weighted by Gasteiger charge is -2.28. The van der Waals surface area contributed by atoms with Gasteiger partial charge in [0.05, 0.1) is 5.56 Å². The number of nitrogens with zero attached hydrogens (tertiary/aromatic N) is 2. The van der Waals surface area contributed by atoms with Crippen molar-refractivity contribution in [1.82, 2.24) is 4.98 Å². The van der Waals surface area contributed by atoms with Crippen LogP contribution in [-0.2, 0) is 0 Å². The number of pyridine rings is 2. The molecular weight excluding hydrogens is 416 g/mol. The van der Waals surface area contributed by atoms with Crippen molar-refractivity contribution >= 4 is 22.1 Å². The molecule has 0 radical (unpaired) electrons. The summed E-state index contributed by atoms with van der Waals surface area (Å²) in [4.78, 5) is 4.70. The molecule has 0 aliphatic rings. The maximum absolute atomic E-state index is 6.50. The van der Waals surface area contributed by atoms with Crippen molar-refractivity contribution in [3.63, 3.8) is 0 Å². The molecule has 0 aliphatic heterocycles. The molecule has 3 nitrogen and oxygen atoms in total. The molecule has 0 fully saturated rings. The largest absolute Gasteiger partial charge is 0.437 e. The Hall–Kier alpha value is -2.68. The van der Waals surface area contributed by atoms with Gasteiger partial charge in [-0.2, -0.15) is 4.57 Å². The molecule has 4 rings (SSSR count). The summed E-state index contributed by atoms with van der Waals surface area (Å²) in [6.45, 7) is 20.5. The number of rotatable bonds is 6. The van der Waals surface area contributed by atoms with E-state index in [0.717, 1.165) is 40.6 Å². The monoisotopic (exact) mass is 457 g/mol. The first-order chi connectivity index (χ1) is 16.1. The molecule has 4 aromatic rings. The lowest BCUT2D eigenvalue weighted by atomic mass is 9.77. The molecule has 3 aromatic heterocycles. The van der Waals surface area contributed by atoms with E-state index in [-0.39, 0.29) is 5.41 Å². The standard InChI is InChI=1S/C31H41N2O/c1-10-19(3)26(11-2)33-17-16-23(22(6)31(7,8)9)18-27(33)28-20(4)12-14-24-25-15-13-21(5)32-30(25)34-29(24)28/h12-19,22,26H,10-11H2,1-9H3/q+1. The van der Waals surface area contributed by atoms with E-state index in [0.29, 0.717) is 17.9 Å². The molecule has 0 saturated heterocycles. The van der Waals surface area contributed by atoms with Gasteiger partial charge in [0, 0.05) is 40.9 Å². The van der Waals surface area contributed by atoms with Crippen LogP contribution in [0, 0.1) is 25.2 Å². The molecule has 34 heavy (non-hydrogen) atoms. The zero-order chi connectivity index (χ0) is 24.8. The lowest BCUT2D eigenvalue weighted by molar-refractivity contribution is -0.720. The van der Waals surface area contributed by atoms with Gasteiger partial charge in [0.25, 0.3) is 0 Å². The number of hydrogen-bond donors (Lipinski definition) is 0. The zero-order valence-corrected chi connectivity index (χ0v) is 22.5. The predicted molar refractivity (Wildman–Crippen MR) is 143 cm³/mol. The molecule has 3 heteroatoms. The molecule has 0 aliphatic carbocycles. The van der Waals surface area contributed by atoms with Crippen LogP contribution in [0.25, 0.3) is 33.3 Å². The van der Waals surface area contributed by atoms with Crippen molar-refractivity contribution in [2.75, 3.05) is 0 Å². The van der Waals surface area contributed by atoms with Crippen molar-refractivity contribution in [2.45, 2.75) is 87.1 Å². The van der Waals surface area contributed by atoms with Crippen LogP contribution in [0.5, 0.6) is 0 Å². The molecule has 0 saturated carbocycles. The van der Waals surface area contributed by atoms with Crippen LogP contribution in [0.3, 0.4) is 0 Å². The first-order valence-corrected chi connectivity index (χ1v) is 12.9. The zero-order valence-electron chi connectivity index (χ0n) is 22.5. The fourth-order valence-corrected chi connectivity index (χ4v) is 5.16. The van der Waals surface area contributed by atoms with Gasteiger partial charge in [-0.05, 0) is 54.9 Å². The minimum Gasteiger partial charge on any atom is -0.437 e. The average molecular weight is 458 g/mol. The first kappa shape index (κ1) is 24.4. The summed E-state index contributed by atoms with van der Waals surface area (Å²) >= 11 is 0. The Bertz CT molecular complexity index is 1330. The van der Waals surface area contributed by atoms with Crippen molar-refractivity contribution < 1.29 is 8.98 Å². The summed E-state index contributed by atoms with van der Waals surface area (Å²) in [5, 5.41) is 2.22. The van der Waals surface area contributed by atoms with E-state index in [9.17, 15) is 0 Å². The first-order valence-electron chi connectivity index (χ1n) is 12.9. The number of aryl methyl sites for hydroxylation is 2. The smallest absolute Gasteiger partial charge is 0.227 e. The maximum Gasteiger partial charge on any atom is 0.227 e. The Kier molecular flexibility index (Phi) is 6.59. The van der Waals surface area contributed by atoms with Crippen LogP contribution in [-0.4, -0.2) is 4.98 Å². The number of furan rings is 1. The van der Waals surface area contributed by atoms with Gasteiger partial charge >= 0.3 is 0 Å². The third-order valence-corrected chi connectivity index (χ3v) is 8.00. The summed E-state index contributed by atoms with van der Waals surface area (Å²) in [7, 11) is 0. The van der Waals surface area contributed by atoms with Gasteiger partial charge in [0.2, 0.25) is 11.4 Å². The summed E-state index contributed by atoms with van der Waals surface area (Å²) in [5.41, 5.74) is 7.88. The highest BCUT2D eigenvalue weighted by atomic mass is 16.3. The highest BCUT2D eigenvalue weighted by Crippen LogP contribution is 2.40. The number of hydrogen-bond acceptors (Lipinski definition) is 2. The van der Waals surface area contributed by atoms with Crippen molar-refractivity contribution in [1.29, 1.82) is 0 Å². The summed E-state index contributed by atoms with van der Waals surface area (Å²) in [6.07, 6.45) is 4.58. The Morgan fingerprint density at radius 1 is 0.941 bits per heavy atom. The van der Waals surface area contributed by atoms with Crippen LogP contribution in [0.4, 0.5) is 0 Å². The second-order valence-corrected chi connectivity index (χ2v) is 11.2. The van der Waals surface area contributed by atoms with Crippen molar-refractivity contribution in [2.24, 2.45) is 11.3 Å². The second-order valence-electron chi connectivity index (χ2n) is 11.2. The molecule has 0 bridgehead atoms. The molecule has 180 valence electrons. The van der Waals surface area contributed by atoms with E-state index in [1.807, 2.05) is 6.92 Å². The quantitative estimate of drug-likeness (QED) is 0.271. The van der Waals surface area contributed by atoms with E-state index < -0.39 is 0 Å². The van der Waals surface area contributed by atoms with Gasteiger partial charge in [-0.1, -0.05) is 60.6 Å². The lowest BCUT2D eigenvalue weighted by Crippen LogP contribution is -2.44. The van der Waals surface area contributed by atoms with Gasteiger partial charge in [0.15, 0.2) is 17.8 Å². The molecule has 0 amide bonds. The second kappa shape index (κ2) is 9.17. The van der Waals surface area contributed by atoms with E-state index >= 15 is 0 Å². The van der Waals surface area contributed by atoms with Gasteiger partial charge in [-0.25, -0.2) is 4.98 Å². The third kappa shape index (κ3) is 4.26. The van der Waals surface area contributed by atoms with E-state index in [2.05, 4.69) is 103 Å². The predicted octanol–water partition coefficient (Wildman–Crippen LogP) is 8.70. The fraction of sp³-hybridized carbons (Fsp3) is 0.484. The van der Waals surface area contributed by atoms with Gasteiger partial charge in [0.1, 0.15) is 0 Å². The van der Waals surface area contributed by atoms with Crippen molar-refractivity contribution in [3.8, 4) is 11.3 Å². The van der Waals surface area contributed by atoms with Gasteiger partial charge in [-0.15, -0.1) is 0 Å². The molecule has 0 N–H and O–H groups in total. The highest BCUT2D eigenvalue weighted by molar-refractivity contribution is 6.08. The third-order valence-electron chi connectivity index (χ3n) is 8.00. The molecule has 0 spiro atoms. The van der Waals surface area contributed by atoms with Crippen LogP contribution in [0.15, 0.2) is 47.0 Å². The molecule has 3 unspecified atom stereocenters. The Balaban J connectivity index is 2.06. The Morgan fingerprint density at radius 3 is 2.29 bits per heavy atom. The minimum atomic E-state index is 0.187. The highest BCUT2D eigenvalue weighted by Gasteiger charge is 2.32. The summed E-state index contributed by atoms with van der Waals surface area (Å²) < 4.78 is 9.01. The van der Waals surface area contributed by atoms with Gasteiger partial charge in [-0.3, -0.25) is 0 Å². The topological polar surface area (TPSA) is 29.9 Å². The van der Waals surface area contributed by atoms with E-state index in [4.69, 9.17) is 9.40 Å². The fourth-order valence-electron chi connectivity index (χ4n) is 5.16.